The van der Waals surface area contributed by atoms with Gasteiger partial charge in [0.2, 0.25) is 0 Å². The van der Waals surface area contributed by atoms with Crippen LogP contribution in [0, 0.1) is 6.92 Å². The standard InChI is InChI=1S/C18H18ClNO6S/c1-4-26-18(22)13-6-5-7-16(11(13)2)20-27(23,24)12-8-9-15(19)14(10-12)17(21)25-3/h5-10,20H,4H2,1-3H3. The zero-order valence-electron chi connectivity index (χ0n) is 14.9. The number of methoxy groups -OCH3 is 1. The van der Waals surface area contributed by atoms with E-state index in [1.54, 1.807) is 26.0 Å². The molecule has 7 nitrogen and oxygen atoms in total. The molecule has 0 aliphatic heterocycles. The first-order valence-electron chi connectivity index (χ1n) is 7.88. The first-order valence-corrected chi connectivity index (χ1v) is 9.74. The van der Waals surface area contributed by atoms with Gasteiger partial charge in [-0.2, -0.15) is 0 Å². The Hall–Kier alpha value is -2.58. The molecule has 0 bridgehead atoms. The maximum atomic E-state index is 12.7. The third kappa shape index (κ3) is 4.58. The number of ether oxygens (including phenoxy) is 2. The summed E-state index contributed by atoms with van der Waals surface area (Å²) in [5.74, 6) is -1.30. The largest absolute Gasteiger partial charge is 0.465 e. The Morgan fingerprint density at radius 2 is 1.81 bits per heavy atom. The van der Waals surface area contributed by atoms with E-state index in [1.165, 1.54) is 25.3 Å². The van der Waals surface area contributed by atoms with Crippen LogP contribution in [0.25, 0.3) is 0 Å². The maximum absolute atomic E-state index is 12.7. The van der Waals surface area contributed by atoms with Crippen molar-refractivity contribution in [3.8, 4) is 0 Å². The summed E-state index contributed by atoms with van der Waals surface area (Å²) < 4.78 is 37.4. The van der Waals surface area contributed by atoms with Crippen LogP contribution in [0.3, 0.4) is 0 Å². The Labute approximate surface area is 162 Å². The van der Waals surface area contributed by atoms with E-state index >= 15 is 0 Å². The number of nitrogens with one attached hydrogen (secondary N) is 1. The van der Waals surface area contributed by atoms with Crippen molar-refractivity contribution >= 4 is 39.3 Å². The molecular weight excluding hydrogens is 394 g/mol. The number of esters is 2. The molecule has 0 saturated carbocycles. The molecule has 0 saturated heterocycles. The molecule has 0 atom stereocenters. The monoisotopic (exact) mass is 411 g/mol. The van der Waals surface area contributed by atoms with Crippen molar-refractivity contribution in [1.82, 2.24) is 0 Å². The number of anilines is 1. The molecule has 0 unspecified atom stereocenters. The number of hydrogen-bond donors (Lipinski definition) is 1. The second kappa shape index (κ2) is 8.41. The van der Waals surface area contributed by atoms with Crippen molar-refractivity contribution < 1.29 is 27.5 Å². The van der Waals surface area contributed by atoms with E-state index in [1.807, 2.05) is 0 Å². The third-order valence-electron chi connectivity index (χ3n) is 3.73. The van der Waals surface area contributed by atoms with Crippen LogP contribution in [0.15, 0.2) is 41.3 Å². The highest BCUT2D eigenvalue weighted by molar-refractivity contribution is 7.92. The number of benzene rings is 2. The summed E-state index contributed by atoms with van der Waals surface area (Å²) in [5.41, 5.74) is 0.819. The molecule has 144 valence electrons. The molecule has 9 heteroatoms. The Balaban J connectivity index is 2.42. The first-order chi connectivity index (χ1) is 12.7. The minimum absolute atomic E-state index is 0.0703. The van der Waals surface area contributed by atoms with Crippen molar-refractivity contribution in [3.05, 3.63) is 58.1 Å². The van der Waals surface area contributed by atoms with Gasteiger partial charge >= 0.3 is 11.9 Å². The molecule has 0 spiro atoms. The van der Waals surface area contributed by atoms with Gasteiger partial charge in [0, 0.05) is 0 Å². The smallest absolute Gasteiger partial charge is 0.339 e. The molecule has 0 aromatic heterocycles. The van der Waals surface area contributed by atoms with Crippen LogP contribution >= 0.6 is 11.6 Å². The number of hydrogen-bond acceptors (Lipinski definition) is 6. The molecule has 1 N–H and O–H groups in total. The molecule has 0 fully saturated rings. The van der Waals surface area contributed by atoms with Crippen molar-refractivity contribution in [2.75, 3.05) is 18.4 Å². The molecule has 0 aliphatic carbocycles. The van der Waals surface area contributed by atoms with Gasteiger partial charge in [-0.15, -0.1) is 0 Å². The summed E-state index contributed by atoms with van der Waals surface area (Å²) >= 11 is 5.92. The molecule has 27 heavy (non-hydrogen) atoms. The van der Waals surface area contributed by atoms with Crippen molar-refractivity contribution in [1.29, 1.82) is 0 Å². The van der Waals surface area contributed by atoms with Crippen LogP contribution < -0.4 is 4.72 Å². The summed E-state index contributed by atoms with van der Waals surface area (Å²) in [4.78, 5) is 23.5. The Kier molecular flexibility index (Phi) is 6.45. The maximum Gasteiger partial charge on any atom is 0.339 e. The fourth-order valence-electron chi connectivity index (χ4n) is 2.32. The lowest BCUT2D eigenvalue weighted by Gasteiger charge is -2.14. The second-order valence-corrected chi connectivity index (χ2v) is 7.53. The molecule has 0 radical (unpaired) electrons. The predicted octanol–water partition coefficient (Wildman–Crippen LogP) is 3.41. The van der Waals surface area contributed by atoms with Crippen LogP contribution in [0.4, 0.5) is 5.69 Å². The van der Waals surface area contributed by atoms with Gasteiger partial charge < -0.3 is 9.47 Å². The SMILES string of the molecule is CCOC(=O)c1cccc(NS(=O)(=O)c2ccc(Cl)c(C(=O)OC)c2)c1C. The fraction of sp³-hybridized carbons (Fsp3) is 0.222. The predicted molar refractivity (Wildman–Crippen MR) is 101 cm³/mol. The second-order valence-electron chi connectivity index (χ2n) is 5.44. The lowest BCUT2D eigenvalue weighted by atomic mass is 10.1. The number of carbonyl (C=O) groups excluding carboxylic acids is 2. The Morgan fingerprint density at radius 1 is 1.11 bits per heavy atom. The van der Waals surface area contributed by atoms with Crippen LogP contribution in [0.1, 0.15) is 33.2 Å². The molecule has 0 amide bonds. The minimum Gasteiger partial charge on any atom is -0.465 e. The third-order valence-corrected chi connectivity index (χ3v) is 5.42. The fourth-order valence-corrected chi connectivity index (χ4v) is 3.66. The zero-order valence-corrected chi connectivity index (χ0v) is 16.5. The van der Waals surface area contributed by atoms with Gasteiger partial charge in [-0.1, -0.05) is 17.7 Å². The highest BCUT2D eigenvalue weighted by Crippen LogP contribution is 2.26. The molecule has 2 rings (SSSR count). The number of sulfonamides is 1. The van der Waals surface area contributed by atoms with E-state index < -0.39 is 22.0 Å². The van der Waals surface area contributed by atoms with E-state index in [0.717, 1.165) is 6.07 Å². The summed E-state index contributed by atoms with van der Waals surface area (Å²) in [5, 5.41) is 0.0706. The summed E-state index contributed by atoms with van der Waals surface area (Å²) in [6.07, 6.45) is 0. The van der Waals surface area contributed by atoms with E-state index in [0.29, 0.717) is 5.56 Å². The van der Waals surface area contributed by atoms with E-state index in [2.05, 4.69) is 9.46 Å². The highest BCUT2D eigenvalue weighted by Gasteiger charge is 2.21. The first kappa shape index (κ1) is 20.7. The molecule has 2 aromatic rings. The Bertz CT molecular complexity index is 987. The molecule has 2 aromatic carbocycles. The lowest BCUT2D eigenvalue weighted by Crippen LogP contribution is -2.16. The zero-order chi connectivity index (χ0) is 20.2. The summed E-state index contributed by atoms with van der Waals surface area (Å²) in [6, 6.07) is 8.29. The van der Waals surface area contributed by atoms with Crippen molar-refractivity contribution in [2.45, 2.75) is 18.7 Å². The number of halogens is 1. The normalized spacial score (nSPS) is 11.0. The number of carbonyl (C=O) groups is 2. The molecule has 0 heterocycles. The summed E-state index contributed by atoms with van der Waals surface area (Å²) in [7, 11) is -2.87. The van der Waals surface area contributed by atoms with Crippen LogP contribution in [-0.2, 0) is 19.5 Å². The van der Waals surface area contributed by atoms with Gasteiger partial charge in [0.05, 0.1) is 40.4 Å². The van der Waals surface area contributed by atoms with E-state index in [4.69, 9.17) is 16.3 Å². The van der Waals surface area contributed by atoms with Gasteiger partial charge in [-0.3, -0.25) is 4.72 Å². The Morgan fingerprint density at radius 3 is 2.44 bits per heavy atom. The number of rotatable bonds is 6. The van der Waals surface area contributed by atoms with Crippen LogP contribution in [0.2, 0.25) is 5.02 Å². The van der Waals surface area contributed by atoms with Gasteiger partial charge in [0.15, 0.2) is 0 Å². The molecule has 0 aliphatic rings. The summed E-state index contributed by atoms with van der Waals surface area (Å²) in [6.45, 7) is 3.49. The van der Waals surface area contributed by atoms with Gasteiger partial charge in [-0.25, -0.2) is 18.0 Å². The van der Waals surface area contributed by atoms with Crippen LogP contribution in [0.5, 0.6) is 0 Å². The highest BCUT2D eigenvalue weighted by atomic mass is 35.5. The topological polar surface area (TPSA) is 98.8 Å². The van der Waals surface area contributed by atoms with Gasteiger partial charge in [0.1, 0.15) is 0 Å². The van der Waals surface area contributed by atoms with Gasteiger partial charge in [0.25, 0.3) is 10.0 Å². The van der Waals surface area contributed by atoms with Crippen molar-refractivity contribution in [3.63, 3.8) is 0 Å². The molecular formula is C18H18ClNO6S. The van der Waals surface area contributed by atoms with E-state index in [9.17, 15) is 18.0 Å². The van der Waals surface area contributed by atoms with E-state index in [-0.39, 0.29) is 33.3 Å². The van der Waals surface area contributed by atoms with Crippen LogP contribution in [-0.4, -0.2) is 34.1 Å². The average Bonchev–Trinajstić information content (AvgIpc) is 2.63. The van der Waals surface area contributed by atoms with Gasteiger partial charge in [-0.05, 0) is 49.7 Å². The quantitative estimate of drug-likeness (QED) is 0.731. The average molecular weight is 412 g/mol. The lowest BCUT2D eigenvalue weighted by molar-refractivity contribution is 0.0524. The minimum atomic E-state index is -4.04. The van der Waals surface area contributed by atoms with Crippen molar-refractivity contribution in [2.24, 2.45) is 0 Å².